The molecule has 1 aromatic rings. The van der Waals surface area contributed by atoms with Gasteiger partial charge in [0.1, 0.15) is 16.4 Å². The second-order valence-electron chi connectivity index (χ2n) is 4.63. The summed E-state index contributed by atoms with van der Waals surface area (Å²) in [7, 11) is -3.78. The molecule has 6 nitrogen and oxygen atoms in total. The highest BCUT2D eigenvalue weighted by Crippen LogP contribution is 2.32. The minimum Gasteiger partial charge on any atom is -0.494 e. The summed E-state index contributed by atoms with van der Waals surface area (Å²) in [6, 6.07) is 3.10. The van der Waals surface area contributed by atoms with Gasteiger partial charge in [-0.25, -0.2) is 13.1 Å². The molecule has 0 spiro atoms. The standard InChI is InChI=1S/C14H23NO5S/c1-5-19-12-8-14(13(20-6-2)7-10(12)3)21(17,18)15-9-11(4)16/h7-8,11,15-16H,5-6,9H2,1-4H3. The number of benzene rings is 1. The van der Waals surface area contributed by atoms with Gasteiger partial charge in [0.15, 0.2) is 0 Å². The molecule has 21 heavy (non-hydrogen) atoms. The van der Waals surface area contributed by atoms with E-state index in [2.05, 4.69) is 4.72 Å². The van der Waals surface area contributed by atoms with Crippen LogP contribution >= 0.6 is 0 Å². The topological polar surface area (TPSA) is 84.9 Å². The second-order valence-corrected chi connectivity index (χ2v) is 6.37. The van der Waals surface area contributed by atoms with Gasteiger partial charge in [0.2, 0.25) is 10.0 Å². The van der Waals surface area contributed by atoms with Crippen LogP contribution in [0.5, 0.6) is 11.5 Å². The van der Waals surface area contributed by atoms with Crippen LogP contribution in [-0.4, -0.2) is 39.4 Å². The normalized spacial score (nSPS) is 13.0. The van der Waals surface area contributed by atoms with Crippen molar-refractivity contribution in [3.8, 4) is 11.5 Å². The molecule has 0 fully saturated rings. The Hall–Kier alpha value is -1.31. The van der Waals surface area contributed by atoms with E-state index >= 15 is 0 Å². The summed E-state index contributed by atoms with van der Waals surface area (Å²) in [6.45, 7) is 7.68. The number of hydrogen-bond acceptors (Lipinski definition) is 5. The molecule has 0 bridgehead atoms. The van der Waals surface area contributed by atoms with Gasteiger partial charge in [-0.05, 0) is 39.3 Å². The number of nitrogens with one attached hydrogen (secondary N) is 1. The van der Waals surface area contributed by atoms with Crippen molar-refractivity contribution in [2.45, 2.75) is 38.7 Å². The Balaban J connectivity index is 3.26. The van der Waals surface area contributed by atoms with Crippen LogP contribution in [0.1, 0.15) is 26.3 Å². The molecule has 0 aromatic heterocycles. The first-order valence-corrected chi connectivity index (χ1v) is 8.38. The van der Waals surface area contributed by atoms with Crippen LogP contribution in [-0.2, 0) is 10.0 Å². The van der Waals surface area contributed by atoms with Crippen molar-refractivity contribution in [3.05, 3.63) is 17.7 Å². The summed E-state index contributed by atoms with van der Waals surface area (Å²) in [5.41, 5.74) is 0.801. The summed E-state index contributed by atoms with van der Waals surface area (Å²) in [5.74, 6) is 0.773. The Bertz CT molecular complexity index is 569. The van der Waals surface area contributed by atoms with E-state index in [4.69, 9.17) is 9.47 Å². The van der Waals surface area contributed by atoms with Crippen molar-refractivity contribution in [2.24, 2.45) is 0 Å². The van der Waals surface area contributed by atoms with Gasteiger partial charge in [-0.1, -0.05) is 0 Å². The fourth-order valence-electron chi connectivity index (χ4n) is 1.74. The van der Waals surface area contributed by atoms with Gasteiger partial charge in [0, 0.05) is 12.6 Å². The van der Waals surface area contributed by atoms with E-state index in [9.17, 15) is 13.5 Å². The third kappa shape index (κ3) is 4.87. The number of sulfonamides is 1. The van der Waals surface area contributed by atoms with Crippen molar-refractivity contribution in [1.82, 2.24) is 4.72 Å². The Morgan fingerprint density at radius 1 is 1.19 bits per heavy atom. The Kier molecular flexibility index (Phi) is 6.44. The van der Waals surface area contributed by atoms with E-state index in [-0.39, 0.29) is 17.2 Å². The first-order chi connectivity index (χ1) is 9.81. The van der Waals surface area contributed by atoms with Crippen molar-refractivity contribution in [3.63, 3.8) is 0 Å². The summed E-state index contributed by atoms with van der Waals surface area (Å²) in [5, 5.41) is 9.24. The SMILES string of the molecule is CCOc1cc(S(=O)(=O)NCC(C)O)c(OCC)cc1C. The molecule has 1 unspecified atom stereocenters. The average molecular weight is 317 g/mol. The monoisotopic (exact) mass is 317 g/mol. The smallest absolute Gasteiger partial charge is 0.244 e. The fraction of sp³-hybridized carbons (Fsp3) is 0.571. The van der Waals surface area contributed by atoms with Crippen LogP contribution in [0.15, 0.2) is 17.0 Å². The van der Waals surface area contributed by atoms with Gasteiger partial charge < -0.3 is 14.6 Å². The lowest BCUT2D eigenvalue weighted by Gasteiger charge is -2.16. The molecule has 2 N–H and O–H groups in total. The number of ether oxygens (including phenoxy) is 2. The minimum atomic E-state index is -3.78. The molecule has 0 aliphatic heterocycles. The summed E-state index contributed by atoms with van der Waals surface area (Å²) in [4.78, 5) is 0.0130. The Morgan fingerprint density at radius 3 is 2.29 bits per heavy atom. The number of aliphatic hydroxyl groups is 1. The zero-order valence-electron chi connectivity index (χ0n) is 12.8. The molecule has 7 heteroatoms. The zero-order valence-corrected chi connectivity index (χ0v) is 13.7. The molecule has 1 aromatic carbocycles. The lowest BCUT2D eigenvalue weighted by molar-refractivity contribution is 0.198. The third-order valence-electron chi connectivity index (χ3n) is 2.70. The molecule has 0 amide bonds. The van der Waals surface area contributed by atoms with Gasteiger partial charge >= 0.3 is 0 Å². The molecule has 1 atom stereocenters. The molecule has 0 aliphatic rings. The largest absolute Gasteiger partial charge is 0.494 e. The van der Waals surface area contributed by atoms with Gasteiger partial charge in [0.25, 0.3) is 0 Å². The van der Waals surface area contributed by atoms with E-state index in [1.54, 1.807) is 13.0 Å². The van der Waals surface area contributed by atoms with Crippen LogP contribution < -0.4 is 14.2 Å². The van der Waals surface area contributed by atoms with E-state index < -0.39 is 16.1 Å². The molecule has 0 heterocycles. The predicted molar refractivity (Wildman–Crippen MR) is 80.4 cm³/mol. The van der Waals surface area contributed by atoms with Crippen molar-refractivity contribution >= 4 is 10.0 Å². The minimum absolute atomic E-state index is 0.0130. The van der Waals surface area contributed by atoms with Gasteiger partial charge in [-0.2, -0.15) is 0 Å². The highest BCUT2D eigenvalue weighted by Gasteiger charge is 2.22. The van der Waals surface area contributed by atoms with Crippen LogP contribution in [0.25, 0.3) is 0 Å². The van der Waals surface area contributed by atoms with Crippen LogP contribution in [0.2, 0.25) is 0 Å². The highest BCUT2D eigenvalue weighted by atomic mass is 32.2. The van der Waals surface area contributed by atoms with Crippen LogP contribution in [0, 0.1) is 6.92 Å². The highest BCUT2D eigenvalue weighted by molar-refractivity contribution is 7.89. The maximum atomic E-state index is 12.3. The molecule has 0 radical (unpaired) electrons. The number of rotatable bonds is 8. The summed E-state index contributed by atoms with van der Waals surface area (Å²) < 4.78 is 37.9. The van der Waals surface area contributed by atoms with E-state index in [1.807, 2.05) is 13.8 Å². The molecule has 1 rings (SSSR count). The molecule has 120 valence electrons. The number of hydrogen-bond donors (Lipinski definition) is 2. The Morgan fingerprint density at radius 2 is 1.76 bits per heavy atom. The average Bonchev–Trinajstić information content (AvgIpc) is 2.40. The fourth-order valence-corrected chi connectivity index (χ4v) is 3.00. The van der Waals surface area contributed by atoms with Gasteiger partial charge in [-0.15, -0.1) is 0 Å². The molecular formula is C14H23NO5S. The molecule has 0 aliphatic carbocycles. The lowest BCUT2D eigenvalue weighted by atomic mass is 10.2. The van der Waals surface area contributed by atoms with E-state index in [1.165, 1.54) is 13.0 Å². The maximum absolute atomic E-state index is 12.3. The number of aryl methyl sites for hydroxylation is 1. The van der Waals surface area contributed by atoms with Crippen molar-refractivity contribution in [2.75, 3.05) is 19.8 Å². The van der Waals surface area contributed by atoms with E-state index in [0.717, 1.165) is 5.56 Å². The number of aliphatic hydroxyl groups excluding tert-OH is 1. The summed E-state index contributed by atoms with van der Waals surface area (Å²) in [6.07, 6.45) is -0.771. The zero-order chi connectivity index (χ0) is 16.0. The Labute approximate surface area is 126 Å². The lowest BCUT2D eigenvalue weighted by Crippen LogP contribution is -2.31. The van der Waals surface area contributed by atoms with Crippen molar-refractivity contribution < 1.29 is 23.0 Å². The molecular weight excluding hydrogens is 294 g/mol. The van der Waals surface area contributed by atoms with Crippen molar-refractivity contribution in [1.29, 1.82) is 0 Å². The van der Waals surface area contributed by atoms with Gasteiger partial charge in [-0.3, -0.25) is 0 Å². The maximum Gasteiger partial charge on any atom is 0.244 e. The molecule has 0 saturated carbocycles. The predicted octanol–water partition coefficient (Wildman–Crippen LogP) is 1.45. The third-order valence-corrected chi connectivity index (χ3v) is 4.14. The molecule has 0 saturated heterocycles. The van der Waals surface area contributed by atoms with Crippen LogP contribution in [0.4, 0.5) is 0 Å². The first kappa shape index (κ1) is 17.7. The summed E-state index contributed by atoms with van der Waals surface area (Å²) >= 11 is 0. The second kappa shape index (κ2) is 7.63. The van der Waals surface area contributed by atoms with Crippen LogP contribution in [0.3, 0.4) is 0 Å². The van der Waals surface area contributed by atoms with E-state index in [0.29, 0.717) is 19.0 Å². The van der Waals surface area contributed by atoms with Gasteiger partial charge in [0.05, 0.1) is 19.3 Å². The first-order valence-electron chi connectivity index (χ1n) is 6.89. The quantitative estimate of drug-likeness (QED) is 0.758.